The predicted octanol–water partition coefficient (Wildman–Crippen LogP) is 5.22. The Morgan fingerprint density at radius 2 is 1.46 bits per heavy atom. The minimum Gasteiger partial charge on any atom is -0.350 e. The molecule has 0 fully saturated rings. The second-order valence-electron chi connectivity index (χ2n) is 10.8. The minimum atomic E-state index is -4.08. The Morgan fingerprint density at radius 1 is 0.872 bits per heavy atom. The number of rotatable bonds is 10. The molecule has 0 aliphatic heterocycles. The smallest absolute Gasteiger partial charge is 0.264 e. The highest BCUT2D eigenvalue weighted by Gasteiger charge is 2.34. The maximum absolute atomic E-state index is 14.1. The first-order valence-corrected chi connectivity index (χ1v) is 14.6. The zero-order valence-corrected chi connectivity index (χ0v) is 24.5. The van der Waals surface area contributed by atoms with Crippen LogP contribution in [-0.4, -0.2) is 43.3 Å². The van der Waals surface area contributed by atoms with E-state index in [1.165, 1.54) is 17.0 Å². The minimum absolute atomic E-state index is 0.0867. The number of nitrogens with one attached hydrogen (secondary N) is 1. The van der Waals surface area contributed by atoms with Crippen molar-refractivity contribution in [3.8, 4) is 0 Å². The topological polar surface area (TPSA) is 86.8 Å². The van der Waals surface area contributed by atoms with Crippen molar-refractivity contribution in [2.45, 2.75) is 71.0 Å². The van der Waals surface area contributed by atoms with Crippen LogP contribution in [0.5, 0.6) is 0 Å². The average Bonchev–Trinajstić information content (AvgIpc) is 2.88. The second kappa shape index (κ2) is 12.5. The Hall–Kier alpha value is -3.65. The average molecular weight is 550 g/mol. The fourth-order valence-electron chi connectivity index (χ4n) is 4.34. The van der Waals surface area contributed by atoms with E-state index in [9.17, 15) is 18.0 Å². The van der Waals surface area contributed by atoms with Crippen molar-refractivity contribution in [1.29, 1.82) is 0 Å². The summed E-state index contributed by atoms with van der Waals surface area (Å²) in [7, 11) is -4.08. The Bertz CT molecular complexity index is 1380. The third kappa shape index (κ3) is 7.69. The molecule has 3 rings (SSSR count). The van der Waals surface area contributed by atoms with Gasteiger partial charge in [0.25, 0.3) is 10.0 Å². The molecule has 0 heterocycles. The first-order chi connectivity index (χ1) is 18.3. The van der Waals surface area contributed by atoms with Crippen LogP contribution in [0.15, 0.2) is 83.8 Å². The zero-order valence-electron chi connectivity index (χ0n) is 23.6. The summed E-state index contributed by atoms with van der Waals surface area (Å²) in [5.74, 6) is -0.743. The van der Waals surface area contributed by atoms with E-state index in [2.05, 4.69) is 5.32 Å². The second-order valence-corrected chi connectivity index (χ2v) is 12.6. The molecule has 0 radical (unpaired) electrons. The van der Waals surface area contributed by atoms with Crippen molar-refractivity contribution in [3.63, 3.8) is 0 Å². The summed E-state index contributed by atoms with van der Waals surface area (Å²) in [5, 5.41) is 2.99. The van der Waals surface area contributed by atoms with Gasteiger partial charge in [-0.2, -0.15) is 0 Å². The molecule has 7 nitrogen and oxygen atoms in total. The van der Waals surface area contributed by atoms with Crippen LogP contribution in [0.25, 0.3) is 0 Å². The van der Waals surface area contributed by atoms with Crippen LogP contribution in [0.2, 0.25) is 0 Å². The van der Waals surface area contributed by atoms with Crippen molar-refractivity contribution in [3.05, 3.63) is 95.6 Å². The van der Waals surface area contributed by atoms with Gasteiger partial charge < -0.3 is 10.2 Å². The summed E-state index contributed by atoms with van der Waals surface area (Å²) in [6, 6.07) is 22.1. The molecular formula is C31H39N3O4S. The molecule has 1 atom stereocenters. The highest BCUT2D eigenvalue weighted by Crippen LogP contribution is 2.27. The molecular weight excluding hydrogens is 510 g/mol. The lowest BCUT2D eigenvalue weighted by Gasteiger charge is -2.35. The van der Waals surface area contributed by atoms with E-state index in [1.54, 1.807) is 30.3 Å². The van der Waals surface area contributed by atoms with Gasteiger partial charge in [0.2, 0.25) is 11.8 Å². The van der Waals surface area contributed by atoms with Crippen molar-refractivity contribution in [2.75, 3.05) is 10.8 Å². The Kier molecular flexibility index (Phi) is 9.56. The number of hydrogen-bond acceptors (Lipinski definition) is 4. The van der Waals surface area contributed by atoms with E-state index in [4.69, 9.17) is 0 Å². The molecule has 0 aliphatic carbocycles. The van der Waals surface area contributed by atoms with Crippen LogP contribution in [0, 0.1) is 13.8 Å². The van der Waals surface area contributed by atoms with Gasteiger partial charge in [-0.05, 0) is 70.4 Å². The van der Waals surface area contributed by atoms with Crippen molar-refractivity contribution in [2.24, 2.45) is 0 Å². The summed E-state index contributed by atoms with van der Waals surface area (Å²) in [6.45, 7) is 11.0. The first-order valence-electron chi connectivity index (χ1n) is 13.1. The highest BCUT2D eigenvalue weighted by atomic mass is 32.2. The standard InChI is InChI=1S/C31H39N3O4S/c1-7-27(30(36)32-31(4,5)6)33(21-25-19-17-23(2)18-20-25)29(35)22-34(28-16-12-11-13-24(28)3)39(37,38)26-14-9-8-10-15-26/h8-20,27H,7,21-22H2,1-6H3,(H,32,36)/t27-/m0/s1. The number of nitrogens with zero attached hydrogens (tertiary/aromatic N) is 2. The lowest BCUT2D eigenvalue weighted by atomic mass is 10.1. The molecule has 8 heteroatoms. The maximum Gasteiger partial charge on any atom is 0.264 e. The molecule has 3 aromatic carbocycles. The van der Waals surface area contributed by atoms with Crippen LogP contribution in [0.4, 0.5) is 5.69 Å². The monoisotopic (exact) mass is 549 g/mol. The number of carbonyl (C=O) groups excluding carboxylic acids is 2. The molecule has 0 saturated heterocycles. The van der Waals surface area contributed by atoms with E-state index in [-0.39, 0.29) is 17.3 Å². The highest BCUT2D eigenvalue weighted by molar-refractivity contribution is 7.92. The molecule has 0 unspecified atom stereocenters. The number of anilines is 1. The Balaban J connectivity index is 2.07. The van der Waals surface area contributed by atoms with E-state index < -0.39 is 34.1 Å². The number of sulfonamides is 1. The van der Waals surface area contributed by atoms with Crippen LogP contribution in [-0.2, 0) is 26.2 Å². The van der Waals surface area contributed by atoms with E-state index in [0.29, 0.717) is 17.7 Å². The molecule has 0 aromatic heterocycles. The van der Waals surface area contributed by atoms with Gasteiger partial charge in [0, 0.05) is 12.1 Å². The van der Waals surface area contributed by atoms with Crippen LogP contribution < -0.4 is 9.62 Å². The van der Waals surface area contributed by atoms with Crippen LogP contribution >= 0.6 is 0 Å². The van der Waals surface area contributed by atoms with Gasteiger partial charge in [-0.25, -0.2) is 8.42 Å². The van der Waals surface area contributed by atoms with Gasteiger partial charge >= 0.3 is 0 Å². The van der Waals surface area contributed by atoms with E-state index in [1.807, 2.05) is 77.9 Å². The van der Waals surface area contributed by atoms with Gasteiger partial charge in [0.15, 0.2) is 0 Å². The summed E-state index contributed by atoms with van der Waals surface area (Å²) in [6.07, 6.45) is 0.370. The maximum atomic E-state index is 14.1. The molecule has 2 amide bonds. The summed E-state index contributed by atoms with van der Waals surface area (Å²) < 4.78 is 28.9. The number of amides is 2. The Morgan fingerprint density at radius 3 is 2.03 bits per heavy atom. The SMILES string of the molecule is CC[C@@H](C(=O)NC(C)(C)C)N(Cc1ccc(C)cc1)C(=O)CN(c1ccccc1C)S(=O)(=O)c1ccccc1. The molecule has 0 aliphatic rings. The van der Waals surface area contributed by atoms with Crippen molar-refractivity contribution < 1.29 is 18.0 Å². The largest absolute Gasteiger partial charge is 0.350 e. The third-order valence-electron chi connectivity index (χ3n) is 6.35. The lowest BCUT2D eigenvalue weighted by Crippen LogP contribution is -2.55. The number of benzene rings is 3. The van der Waals surface area contributed by atoms with E-state index in [0.717, 1.165) is 15.4 Å². The summed E-state index contributed by atoms with van der Waals surface area (Å²) in [5.41, 5.74) is 2.56. The fourth-order valence-corrected chi connectivity index (χ4v) is 5.84. The molecule has 3 aromatic rings. The molecule has 0 bridgehead atoms. The van der Waals surface area contributed by atoms with Crippen LogP contribution in [0.1, 0.15) is 50.8 Å². The van der Waals surface area contributed by atoms with Gasteiger partial charge in [0.1, 0.15) is 12.6 Å². The van der Waals surface area contributed by atoms with Gasteiger partial charge in [-0.15, -0.1) is 0 Å². The number of para-hydroxylation sites is 1. The molecule has 1 N–H and O–H groups in total. The zero-order chi connectivity index (χ0) is 28.8. The van der Waals surface area contributed by atoms with Crippen molar-refractivity contribution >= 4 is 27.5 Å². The van der Waals surface area contributed by atoms with Gasteiger partial charge in [-0.1, -0.05) is 73.2 Å². The molecule has 0 spiro atoms. The van der Waals surface area contributed by atoms with Crippen molar-refractivity contribution in [1.82, 2.24) is 10.2 Å². The fraction of sp³-hybridized carbons (Fsp3) is 0.355. The van der Waals surface area contributed by atoms with Gasteiger partial charge in [0.05, 0.1) is 10.6 Å². The van der Waals surface area contributed by atoms with Crippen LogP contribution in [0.3, 0.4) is 0 Å². The number of carbonyl (C=O) groups is 2. The first kappa shape index (κ1) is 29.9. The van der Waals surface area contributed by atoms with E-state index >= 15 is 0 Å². The molecule has 39 heavy (non-hydrogen) atoms. The Labute approximate surface area is 232 Å². The number of aryl methyl sites for hydroxylation is 2. The quantitative estimate of drug-likeness (QED) is 0.376. The number of hydrogen-bond donors (Lipinski definition) is 1. The predicted molar refractivity (Wildman–Crippen MR) is 156 cm³/mol. The summed E-state index contributed by atoms with van der Waals surface area (Å²) >= 11 is 0. The molecule has 208 valence electrons. The lowest BCUT2D eigenvalue weighted by molar-refractivity contribution is -0.141. The molecule has 0 saturated carbocycles. The third-order valence-corrected chi connectivity index (χ3v) is 8.13. The van der Waals surface area contributed by atoms with Gasteiger partial charge in [-0.3, -0.25) is 13.9 Å². The normalized spacial score (nSPS) is 12.5. The summed E-state index contributed by atoms with van der Waals surface area (Å²) in [4.78, 5) is 29.1.